The molecule has 0 unspecified atom stereocenters. The molecule has 1 heteroatoms. The lowest BCUT2D eigenvalue weighted by atomic mass is 9.70. The predicted octanol–water partition coefficient (Wildman–Crippen LogP) is 3.49. The van der Waals surface area contributed by atoms with Crippen LogP contribution in [0.3, 0.4) is 0 Å². The van der Waals surface area contributed by atoms with Gasteiger partial charge < -0.3 is 0 Å². The second-order valence-electron chi connectivity index (χ2n) is 5.53. The SMILES string of the molecule is CC1=C(C(=O)C2CC2)C(C)(C)CCC1. The maximum atomic E-state index is 12.1. The van der Waals surface area contributed by atoms with Gasteiger partial charge in [0.25, 0.3) is 0 Å². The zero-order valence-electron chi connectivity index (χ0n) is 9.52. The van der Waals surface area contributed by atoms with Crippen molar-refractivity contribution in [3.05, 3.63) is 11.1 Å². The Bertz CT molecular complexity index is 292. The van der Waals surface area contributed by atoms with E-state index in [0.717, 1.165) is 19.3 Å². The van der Waals surface area contributed by atoms with Gasteiger partial charge in [-0.15, -0.1) is 0 Å². The van der Waals surface area contributed by atoms with E-state index < -0.39 is 0 Å². The van der Waals surface area contributed by atoms with Gasteiger partial charge >= 0.3 is 0 Å². The van der Waals surface area contributed by atoms with Crippen molar-refractivity contribution >= 4 is 5.78 Å². The van der Waals surface area contributed by atoms with Crippen LogP contribution in [0.15, 0.2) is 11.1 Å². The monoisotopic (exact) mass is 192 g/mol. The third-order valence-electron chi connectivity index (χ3n) is 3.65. The topological polar surface area (TPSA) is 17.1 Å². The molecule has 78 valence electrons. The van der Waals surface area contributed by atoms with Crippen molar-refractivity contribution in [1.29, 1.82) is 0 Å². The molecule has 0 aliphatic heterocycles. The maximum absolute atomic E-state index is 12.1. The Labute approximate surface area is 86.6 Å². The molecule has 0 bridgehead atoms. The fourth-order valence-electron chi connectivity index (χ4n) is 2.72. The van der Waals surface area contributed by atoms with E-state index in [9.17, 15) is 4.79 Å². The number of hydrogen-bond acceptors (Lipinski definition) is 1. The van der Waals surface area contributed by atoms with E-state index in [1.165, 1.54) is 24.0 Å². The van der Waals surface area contributed by atoms with E-state index in [1.54, 1.807) is 0 Å². The van der Waals surface area contributed by atoms with Gasteiger partial charge in [-0.05, 0) is 50.0 Å². The minimum Gasteiger partial charge on any atom is -0.294 e. The van der Waals surface area contributed by atoms with Gasteiger partial charge in [0.15, 0.2) is 5.78 Å². The van der Waals surface area contributed by atoms with Crippen LogP contribution in [0.1, 0.15) is 52.9 Å². The molecular weight excluding hydrogens is 172 g/mol. The molecule has 0 spiro atoms. The van der Waals surface area contributed by atoms with Gasteiger partial charge in [0, 0.05) is 5.92 Å². The Hall–Kier alpha value is -0.590. The lowest BCUT2D eigenvalue weighted by Gasteiger charge is -2.33. The first-order chi connectivity index (χ1) is 6.52. The van der Waals surface area contributed by atoms with Crippen LogP contribution in [0.2, 0.25) is 0 Å². The van der Waals surface area contributed by atoms with E-state index in [2.05, 4.69) is 20.8 Å². The Morgan fingerprint density at radius 2 is 2.00 bits per heavy atom. The van der Waals surface area contributed by atoms with Crippen LogP contribution in [0, 0.1) is 11.3 Å². The van der Waals surface area contributed by atoms with E-state index in [-0.39, 0.29) is 5.41 Å². The highest BCUT2D eigenvalue weighted by Gasteiger charge is 2.39. The summed E-state index contributed by atoms with van der Waals surface area (Å²) in [6, 6.07) is 0. The summed E-state index contributed by atoms with van der Waals surface area (Å²) in [5, 5.41) is 0. The van der Waals surface area contributed by atoms with Crippen LogP contribution >= 0.6 is 0 Å². The summed E-state index contributed by atoms with van der Waals surface area (Å²) in [7, 11) is 0. The molecule has 2 aliphatic rings. The highest BCUT2D eigenvalue weighted by Crippen LogP contribution is 2.45. The van der Waals surface area contributed by atoms with Crippen molar-refractivity contribution in [2.75, 3.05) is 0 Å². The van der Waals surface area contributed by atoms with Crippen molar-refractivity contribution in [3.8, 4) is 0 Å². The zero-order chi connectivity index (χ0) is 10.3. The molecule has 1 nitrogen and oxygen atoms in total. The Morgan fingerprint density at radius 1 is 1.36 bits per heavy atom. The summed E-state index contributed by atoms with van der Waals surface area (Å²) in [5.74, 6) is 0.851. The molecule has 0 N–H and O–H groups in total. The van der Waals surface area contributed by atoms with Crippen LogP contribution in [-0.4, -0.2) is 5.78 Å². The van der Waals surface area contributed by atoms with Crippen LogP contribution in [0.5, 0.6) is 0 Å². The van der Waals surface area contributed by atoms with Gasteiger partial charge in [0.2, 0.25) is 0 Å². The van der Waals surface area contributed by atoms with Gasteiger partial charge in [0.1, 0.15) is 0 Å². The summed E-state index contributed by atoms with van der Waals surface area (Å²) in [5.41, 5.74) is 2.67. The molecule has 0 saturated heterocycles. The first-order valence-corrected chi connectivity index (χ1v) is 5.77. The third kappa shape index (κ3) is 1.65. The smallest absolute Gasteiger partial charge is 0.162 e. The molecule has 2 rings (SSSR count). The average Bonchev–Trinajstić information content (AvgIpc) is 2.83. The molecule has 14 heavy (non-hydrogen) atoms. The lowest BCUT2D eigenvalue weighted by molar-refractivity contribution is -0.117. The normalized spacial score (nSPS) is 26.5. The molecular formula is C13H20O. The second kappa shape index (κ2) is 3.22. The van der Waals surface area contributed by atoms with Crippen molar-refractivity contribution in [3.63, 3.8) is 0 Å². The predicted molar refractivity (Wildman–Crippen MR) is 58.1 cm³/mol. The summed E-state index contributed by atoms with van der Waals surface area (Å²) in [6.07, 6.45) is 5.83. The van der Waals surface area contributed by atoms with Crippen LogP contribution < -0.4 is 0 Å². The molecule has 0 aromatic carbocycles. The summed E-state index contributed by atoms with van der Waals surface area (Å²) < 4.78 is 0. The maximum Gasteiger partial charge on any atom is 0.162 e. The Kier molecular flexibility index (Phi) is 2.29. The standard InChI is InChI=1S/C13H20O/c1-9-5-4-8-13(2,3)11(9)12(14)10-6-7-10/h10H,4-8H2,1-3H3. The Balaban J connectivity index is 2.31. The number of rotatable bonds is 2. The van der Waals surface area contributed by atoms with Crippen molar-refractivity contribution in [1.82, 2.24) is 0 Å². The molecule has 0 amide bonds. The number of Topliss-reactive ketones (excluding diaryl/α,β-unsaturated/α-hetero) is 1. The number of carbonyl (C=O) groups excluding carboxylic acids is 1. The highest BCUT2D eigenvalue weighted by molar-refractivity contribution is 6.00. The molecule has 0 aromatic heterocycles. The molecule has 0 heterocycles. The first-order valence-electron chi connectivity index (χ1n) is 5.77. The van der Waals surface area contributed by atoms with Gasteiger partial charge in [-0.25, -0.2) is 0 Å². The molecule has 2 aliphatic carbocycles. The quantitative estimate of drug-likeness (QED) is 0.654. The fraction of sp³-hybridized carbons (Fsp3) is 0.769. The second-order valence-corrected chi connectivity index (χ2v) is 5.53. The van der Waals surface area contributed by atoms with Crippen molar-refractivity contribution in [2.24, 2.45) is 11.3 Å². The minimum atomic E-state index is 0.141. The van der Waals surface area contributed by atoms with Crippen LogP contribution in [0.4, 0.5) is 0 Å². The van der Waals surface area contributed by atoms with Crippen molar-refractivity contribution in [2.45, 2.75) is 52.9 Å². The Morgan fingerprint density at radius 3 is 2.50 bits per heavy atom. The summed E-state index contributed by atoms with van der Waals surface area (Å²) in [6.45, 7) is 6.60. The molecule has 1 fully saturated rings. The number of allylic oxidation sites excluding steroid dienone is 2. The van der Waals surface area contributed by atoms with Gasteiger partial charge in [0.05, 0.1) is 0 Å². The van der Waals surface area contributed by atoms with E-state index in [4.69, 9.17) is 0 Å². The highest BCUT2D eigenvalue weighted by atomic mass is 16.1. The summed E-state index contributed by atoms with van der Waals surface area (Å²) in [4.78, 5) is 12.1. The van der Waals surface area contributed by atoms with Gasteiger partial charge in [-0.2, -0.15) is 0 Å². The van der Waals surface area contributed by atoms with Gasteiger partial charge in [-0.3, -0.25) is 4.79 Å². The third-order valence-corrected chi connectivity index (χ3v) is 3.65. The largest absolute Gasteiger partial charge is 0.294 e. The first kappa shape index (κ1) is 9.95. The fourth-order valence-corrected chi connectivity index (χ4v) is 2.72. The zero-order valence-corrected chi connectivity index (χ0v) is 9.52. The average molecular weight is 192 g/mol. The minimum absolute atomic E-state index is 0.141. The lowest BCUT2D eigenvalue weighted by Crippen LogP contribution is -2.27. The molecule has 0 radical (unpaired) electrons. The number of carbonyl (C=O) groups is 1. The van der Waals surface area contributed by atoms with Gasteiger partial charge in [-0.1, -0.05) is 19.4 Å². The van der Waals surface area contributed by atoms with E-state index in [1.807, 2.05) is 0 Å². The van der Waals surface area contributed by atoms with E-state index >= 15 is 0 Å². The molecule has 0 aromatic rings. The number of hydrogen-bond donors (Lipinski definition) is 0. The molecule has 1 saturated carbocycles. The van der Waals surface area contributed by atoms with Crippen LogP contribution in [0.25, 0.3) is 0 Å². The molecule has 0 atom stereocenters. The van der Waals surface area contributed by atoms with Crippen molar-refractivity contribution < 1.29 is 4.79 Å². The summed E-state index contributed by atoms with van der Waals surface area (Å²) >= 11 is 0. The van der Waals surface area contributed by atoms with E-state index in [0.29, 0.717) is 11.7 Å². The number of ketones is 1. The van der Waals surface area contributed by atoms with Crippen LogP contribution in [-0.2, 0) is 4.79 Å².